The Labute approximate surface area is 136 Å². The smallest absolute Gasteiger partial charge is 0.259 e. The molecule has 2 N–H and O–H groups in total. The average Bonchev–Trinajstić information content (AvgIpc) is 2.98. The lowest BCUT2D eigenvalue weighted by atomic mass is 10.2. The molecule has 3 aromatic rings. The number of hydrogen-bond donors (Lipinski definition) is 2. The number of aromatic nitrogens is 3. The summed E-state index contributed by atoms with van der Waals surface area (Å²) in [6.45, 7) is 1.72. The number of nitriles is 1. The van der Waals surface area contributed by atoms with Gasteiger partial charge in [-0.3, -0.25) is 4.79 Å². The maximum absolute atomic E-state index is 12.5. The number of carbonyl (C=O) groups excluding carboxylic acids is 1. The number of thiophene rings is 1. The highest BCUT2D eigenvalue weighted by Crippen LogP contribution is 2.25. The molecule has 114 valence electrons. The molecule has 0 atom stereocenters. The number of nitrogens with zero attached hydrogens (tertiary/aromatic N) is 4. The summed E-state index contributed by atoms with van der Waals surface area (Å²) < 4.78 is 0.832. The third-order valence-corrected chi connectivity index (χ3v) is 4.14. The van der Waals surface area contributed by atoms with E-state index in [2.05, 4.69) is 25.6 Å². The van der Waals surface area contributed by atoms with Crippen molar-refractivity contribution in [3.05, 3.63) is 40.5 Å². The molecular weight excluding hydrogens is 312 g/mol. The number of rotatable bonds is 3. The van der Waals surface area contributed by atoms with Gasteiger partial charge in [0.15, 0.2) is 0 Å². The minimum atomic E-state index is -0.298. The lowest BCUT2D eigenvalue weighted by molar-refractivity contribution is 0.102. The lowest BCUT2D eigenvalue weighted by Gasteiger charge is -2.05. The van der Waals surface area contributed by atoms with Crippen molar-refractivity contribution in [2.75, 3.05) is 17.7 Å². The van der Waals surface area contributed by atoms with Crippen LogP contribution in [0.1, 0.15) is 21.6 Å². The van der Waals surface area contributed by atoms with Crippen LogP contribution in [0.2, 0.25) is 0 Å². The Balaban J connectivity index is 1.92. The maximum Gasteiger partial charge on any atom is 0.259 e. The van der Waals surface area contributed by atoms with Crippen LogP contribution in [0.5, 0.6) is 0 Å². The monoisotopic (exact) mass is 324 g/mol. The van der Waals surface area contributed by atoms with E-state index in [0.29, 0.717) is 34.1 Å². The van der Waals surface area contributed by atoms with Gasteiger partial charge in [0.2, 0.25) is 5.95 Å². The fourth-order valence-corrected chi connectivity index (χ4v) is 2.89. The number of pyridine rings is 1. The second kappa shape index (κ2) is 5.98. The molecule has 0 unspecified atom stereocenters. The molecule has 3 rings (SSSR count). The van der Waals surface area contributed by atoms with Gasteiger partial charge < -0.3 is 10.6 Å². The fraction of sp³-hybridized carbons (Fsp3) is 0.133. The zero-order valence-corrected chi connectivity index (χ0v) is 13.2. The van der Waals surface area contributed by atoms with Crippen LogP contribution < -0.4 is 10.6 Å². The molecule has 0 spiro atoms. The van der Waals surface area contributed by atoms with E-state index >= 15 is 0 Å². The number of hydrogen-bond acceptors (Lipinski definition) is 7. The van der Waals surface area contributed by atoms with Gasteiger partial charge in [0.1, 0.15) is 11.9 Å². The molecule has 23 heavy (non-hydrogen) atoms. The van der Waals surface area contributed by atoms with Crippen molar-refractivity contribution in [3.8, 4) is 6.07 Å². The Morgan fingerprint density at radius 3 is 2.87 bits per heavy atom. The van der Waals surface area contributed by atoms with E-state index in [1.54, 1.807) is 37.7 Å². The van der Waals surface area contributed by atoms with E-state index < -0.39 is 0 Å². The Morgan fingerprint density at radius 2 is 2.17 bits per heavy atom. The lowest BCUT2D eigenvalue weighted by Crippen LogP contribution is -2.13. The van der Waals surface area contributed by atoms with Crippen LogP contribution in [0.15, 0.2) is 23.7 Å². The number of fused-ring (bicyclic) bond motifs is 1. The van der Waals surface area contributed by atoms with Crippen LogP contribution in [0.25, 0.3) is 10.2 Å². The number of anilines is 2. The molecule has 0 fully saturated rings. The van der Waals surface area contributed by atoms with Crippen LogP contribution >= 0.6 is 11.3 Å². The number of aryl methyl sites for hydroxylation is 1. The first-order valence-electron chi connectivity index (χ1n) is 6.73. The van der Waals surface area contributed by atoms with E-state index in [0.717, 1.165) is 4.70 Å². The van der Waals surface area contributed by atoms with Gasteiger partial charge >= 0.3 is 0 Å². The zero-order valence-electron chi connectivity index (χ0n) is 12.4. The van der Waals surface area contributed by atoms with Crippen molar-refractivity contribution in [2.45, 2.75) is 6.92 Å². The molecule has 3 aromatic heterocycles. The summed E-state index contributed by atoms with van der Waals surface area (Å²) in [5.41, 5.74) is 2.11. The van der Waals surface area contributed by atoms with E-state index in [1.165, 1.54) is 11.3 Å². The topological polar surface area (TPSA) is 104 Å². The van der Waals surface area contributed by atoms with Crippen molar-refractivity contribution < 1.29 is 4.79 Å². The summed E-state index contributed by atoms with van der Waals surface area (Å²) in [6.07, 6.45) is 1.68. The van der Waals surface area contributed by atoms with Crippen LogP contribution in [-0.2, 0) is 0 Å². The zero-order chi connectivity index (χ0) is 16.4. The van der Waals surface area contributed by atoms with Gasteiger partial charge in [-0.05, 0) is 19.1 Å². The molecule has 0 aliphatic rings. The summed E-state index contributed by atoms with van der Waals surface area (Å²) in [5.74, 6) is 0.555. The van der Waals surface area contributed by atoms with Crippen LogP contribution in [-0.4, -0.2) is 27.9 Å². The van der Waals surface area contributed by atoms with Crippen molar-refractivity contribution in [3.63, 3.8) is 0 Å². The fourth-order valence-electron chi connectivity index (χ4n) is 2.04. The average molecular weight is 324 g/mol. The highest BCUT2D eigenvalue weighted by Gasteiger charge is 2.15. The predicted molar refractivity (Wildman–Crippen MR) is 88.6 cm³/mol. The number of nitrogens with one attached hydrogen (secondary N) is 2. The first-order chi connectivity index (χ1) is 11.1. The summed E-state index contributed by atoms with van der Waals surface area (Å²) in [6, 6.07) is 5.28. The van der Waals surface area contributed by atoms with Crippen molar-refractivity contribution in [2.24, 2.45) is 0 Å². The Hall–Kier alpha value is -3.05. The molecule has 0 aromatic carbocycles. The highest BCUT2D eigenvalue weighted by molar-refractivity contribution is 7.17. The second-order valence-electron chi connectivity index (χ2n) is 4.70. The van der Waals surface area contributed by atoms with Gasteiger partial charge in [-0.2, -0.15) is 5.26 Å². The standard InChI is InChI=1S/C15H12N6OS/c1-8-9(5-16)3-4-12(19-8)20-14(22)10-7-23-11-6-18-15(17-2)21-13(10)11/h3-4,6-7H,1-2H3,(H,17,18,21)(H,19,20,22). The number of carbonyl (C=O) groups is 1. The molecule has 0 aliphatic carbocycles. The minimum absolute atomic E-state index is 0.298. The first kappa shape index (κ1) is 14.9. The summed E-state index contributed by atoms with van der Waals surface area (Å²) in [4.78, 5) is 25.1. The second-order valence-corrected chi connectivity index (χ2v) is 5.61. The SMILES string of the molecule is CNc1ncc2scc(C(=O)Nc3ccc(C#N)c(C)n3)c2n1. The van der Waals surface area contributed by atoms with E-state index in [9.17, 15) is 4.79 Å². The third-order valence-electron chi connectivity index (χ3n) is 3.23. The highest BCUT2D eigenvalue weighted by atomic mass is 32.1. The molecule has 8 heteroatoms. The van der Waals surface area contributed by atoms with Crippen molar-refractivity contribution in [1.82, 2.24) is 15.0 Å². The molecule has 0 bridgehead atoms. The van der Waals surface area contributed by atoms with Crippen molar-refractivity contribution >= 4 is 39.2 Å². The van der Waals surface area contributed by atoms with E-state index in [4.69, 9.17) is 5.26 Å². The summed E-state index contributed by atoms with van der Waals surface area (Å²) >= 11 is 1.40. The molecule has 0 aliphatic heterocycles. The largest absolute Gasteiger partial charge is 0.357 e. The molecule has 1 amide bonds. The predicted octanol–water partition coefficient (Wildman–Crippen LogP) is 2.56. The van der Waals surface area contributed by atoms with Gasteiger partial charge in [0, 0.05) is 12.4 Å². The van der Waals surface area contributed by atoms with Crippen molar-refractivity contribution in [1.29, 1.82) is 5.26 Å². The van der Waals surface area contributed by atoms with E-state index in [-0.39, 0.29) is 5.91 Å². The van der Waals surface area contributed by atoms with Gasteiger partial charge in [0.05, 0.1) is 33.2 Å². The third kappa shape index (κ3) is 2.82. The Bertz CT molecular complexity index is 943. The Kier molecular flexibility index (Phi) is 3.87. The molecule has 3 heterocycles. The minimum Gasteiger partial charge on any atom is -0.357 e. The Morgan fingerprint density at radius 1 is 1.35 bits per heavy atom. The number of amides is 1. The van der Waals surface area contributed by atoms with Gasteiger partial charge in [0.25, 0.3) is 5.91 Å². The summed E-state index contributed by atoms with van der Waals surface area (Å²) in [7, 11) is 1.72. The first-order valence-corrected chi connectivity index (χ1v) is 7.61. The van der Waals surface area contributed by atoms with Gasteiger partial charge in [-0.1, -0.05) is 0 Å². The molecule has 0 radical (unpaired) electrons. The van der Waals surface area contributed by atoms with Crippen LogP contribution in [0, 0.1) is 18.3 Å². The molecule has 7 nitrogen and oxygen atoms in total. The van der Waals surface area contributed by atoms with Gasteiger partial charge in [-0.25, -0.2) is 15.0 Å². The van der Waals surface area contributed by atoms with Crippen LogP contribution in [0.3, 0.4) is 0 Å². The molecule has 0 saturated carbocycles. The van der Waals surface area contributed by atoms with E-state index in [1.807, 2.05) is 6.07 Å². The summed E-state index contributed by atoms with van der Waals surface area (Å²) in [5, 5.41) is 16.2. The quantitative estimate of drug-likeness (QED) is 0.767. The normalized spacial score (nSPS) is 10.3. The maximum atomic E-state index is 12.5. The van der Waals surface area contributed by atoms with Crippen LogP contribution in [0.4, 0.5) is 11.8 Å². The molecule has 0 saturated heterocycles. The molecular formula is C15H12N6OS. The van der Waals surface area contributed by atoms with Gasteiger partial charge in [-0.15, -0.1) is 11.3 Å².